The van der Waals surface area contributed by atoms with Gasteiger partial charge in [-0.05, 0) is 0 Å². The normalized spacial score (nSPS) is 15.5. The summed E-state index contributed by atoms with van der Waals surface area (Å²) in [6.07, 6.45) is 0.938. The van der Waals surface area contributed by atoms with Gasteiger partial charge in [0.1, 0.15) is 0 Å². The third kappa shape index (κ3) is 3.21. The monoisotopic (exact) mass is 146 g/mol. The molecule has 1 atom stereocenters. The van der Waals surface area contributed by atoms with Crippen LogP contribution in [0, 0.1) is 0 Å². The zero-order valence-electron chi connectivity index (χ0n) is 5.96. The first-order chi connectivity index (χ1) is 4.52. The zero-order valence-corrected chi connectivity index (χ0v) is 5.96. The highest BCUT2D eigenvalue weighted by atomic mass is 16.8. The van der Waals surface area contributed by atoms with Gasteiger partial charge in [0.15, 0.2) is 0 Å². The lowest BCUT2D eigenvalue weighted by atomic mass is 10.6. The van der Waals surface area contributed by atoms with Crippen molar-refractivity contribution in [2.24, 2.45) is 0 Å². The van der Waals surface area contributed by atoms with E-state index in [4.69, 9.17) is 5.11 Å². The standard InChI is InChI=1S/C6H10O4/c1-4-5(7)10-6(2,8)9-3/h4,8H,1H2,2-3H3. The largest absolute Gasteiger partial charge is 0.405 e. The molecule has 1 N–H and O–H groups in total. The maximum atomic E-state index is 10.4. The molecule has 0 rings (SSSR count). The lowest BCUT2D eigenvalue weighted by Crippen LogP contribution is -2.32. The summed E-state index contributed by atoms with van der Waals surface area (Å²) in [4.78, 5) is 10.4. The highest BCUT2D eigenvalue weighted by Crippen LogP contribution is 2.05. The summed E-state index contributed by atoms with van der Waals surface area (Å²) in [6, 6.07) is 0. The van der Waals surface area contributed by atoms with Crippen molar-refractivity contribution < 1.29 is 19.4 Å². The Bertz CT molecular complexity index is 139. The Balaban J connectivity index is 3.87. The van der Waals surface area contributed by atoms with Gasteiger partial charge >= 0.3 is 11.9 Å². The average molecular weight is 146 g/mol. The number of carbonyl (C=O) groups is 1. The molecule has 0 aliphatic rings. The minimum Gasteiger partial charge on any atom is -0.405 e. The second-order valence-electron chi connectivity index (χ2n) is 1.73. The second-order valence-corrected chi connectivity index (χ2v) is 1.73. The number of ether oxygens (including phenoxy) is 2. The van der Waals surface area contributed by atoms with E-state index in [1.165, 1.54) is 14.0 Å². The van der Waals surface area contributed by atoms with Crippen molar-refractivity contribution in [3.05, 3.63) is 12.7 Å². The molecule has 4 nitrogen and oxygen atoms in total. The molecular formula is C6H10O4. The molecule has 0 saturated carbocycles. The number of hydrogen-bond donors (Lipinski definition) is 1. The summed E-state index contributed by atoms with van der Waals surface area (Å²) in [5.41, 5.74) is 0. The molecule has 10 heavy (non-hydrogen) atoms. The molecule has 0 aliphatic carbocycles. The molecule has 0 amide bonds. The zero-order chi connectivity index (χ0) is 8.20. The van der Waals surface area contributed by atoms with Gasteiger partial charge in [-0.1, -0.05) is 6.58 Å². The minimum absolute atomic E-state index is 0.730. The number of aliphatic hydroxyl groups is 1. The number of carbonyl (C=O) groups excluding carboxylic acids is 1. The van der Waals surface area contributed by atoms with Gasteiger partial charge < -0.3 is 14.6 Å². The molecule has 0 aliphatic heterocycles. The fourth-order valence-corrected chi connectivity index (χ4v) is 0.270. The topological polar surface area (TPSA) is 55.8 Å². The van der Waals surface area contributed by atoms with Crippen LogP contribution in [-0.4, -0.2) is 24.2 Å². The SMILES string of the molecule is C=CC(=O)OC(C)(O)OC. The summed E-state index contributed by atoms with van der Waals surface area (Å²) in [5, 5.41) is 8.91. The predicted molar refractivity (Wildman–Crippen MR) is 33.9 cm³/mol. The number of hydrogen-bond acceptors (Lipinski definition) is 4. The molecular weight excluding hydrogens is 136 g/mol. The Morgan fingerprint density at radius 3 is 2.60 bits per heavy atom. The number of rotatable bonds is 3. The smallest absolute Gasteiger partial charge is 0.334 e. The fourth-order valence-electron chi connectivity index (χ4n) is 0.270. The first-order valence-corrected chi connectivity index (χ1v) is 2.65. The maximum absolute atomic E-state index is 10.4. The van der Waals surface area contributed by atoms with Gasteiger partial charge in [-0.25, -0.2) is 4.79 Å². The Labute approximate surface area is 59.1 Å². The van der Waals surface area contributed by atoms with E-state index < -0.39 is 11.9 Å². The molecule has 4 heteroatoms. The van der Waals surface area contributed by atoms with Crippen LogP contribution in [0.25, 0.3) is 0 Å². The summed E-state index contributed by atoms with van der Waals surface area (Å²) < 4.78 is 8.69. The summed E-state index contributed by atoms with van der Waals surface area (Å²) in [5.74, 6) is -2.59. The van der Waals surface area contributed by atoms with Gasteiger partial charge in [-0.15, -0.1) is 0 Å². The minimum atomic E-state index is -1.86. The van der Waals surface area contributed by atoms with Crippen molar-refractivity contribution in [3.8, 4) is 0 Å². The molecule has 58 valence electrons. The van der Waals surface area contributed by atoms with Crippen LogP contribution in [0.4, 0.5) is 0 Å². The van der Waals surface area contributed by atoms with Crippen molar-refractivity contribution in [1.82, 2.24) is 0 Å². The summed E-state index contributed by atoms with van der Waals surface area (Å²) in [6.45, 7) is 4.34. The molecule has 0 radical (unpaired) electrons. The van der Waals surface area contributed by atoms with Crippen LogP contribution in [-0.2, 0) is 14.3 Å². The average Bonchev–Trinajstić information content (AvgIpc) is 1.87. The van der Waals surface area contributed by atoms with Crippen LogP contribution in [0.2, 0.25) is 0 Å². The molecule has 1 unspecified atom stereocenters. The molecule has 0 aromatic carbocycles. The van der Waals surface area contributed by atoms with E-state index in [0.717, 1.165) is 6.08 Å². The van der Waals surface area contributed by atoms with Crippen LogP contribution in [0.1, 0.15) is 6.92 Å². The van der Waals surface area contributed by atoms with Crippen LogP contribution < -0.4 is 0 Å². The summed E-state index contributed by atoms with van der Waals surface area (Å²) >= 11 is 0. The first kappa shape index (κ1) is 9.13. The highest BCUT2D eigenvalue weighted by Gasteiger charge is 2.22. The van der Waals surface area contributed by atoms with E-state index in [0.29, 0.717) is 0 Å². The van der Waals surface area contributed by atoms with Gasteiger partial charge in [0, 0.05) is 20.1 Å². The Hall–Kier alpha value is -0.870. The number of esters is 1. The van der Waals surface area contributed by atoms with Crippen molar-refractivity contribution >= 4 is 5.97 Å². The van der Waals surface area contributed by atoms with E-state index in [1.807, 2.05) is 0 Å². The van der Waals surface area contributed by atoms with Crippen molar-refractivity contribution in [2.75, 3.05) is 7.11 Å². The molecule has 0 bridgehead atoms. The maximum Gasteiger partial charge on any atom is 0.334 e. The summed E-state index contributed by atoms with van der Waals surface area (Å²) in [7, 11) is 1.22. The molecule has 0 saturated heterocycles. The molecule has 0 fully saturated rings. The van der Waals surface area contributed by atoms with Gasteiger partial charge in [-0.2, -0.15) is 0 Å². The predicted octanol–water partition coefficient (Wildman–Crippen LogP) is 0.0280. The molecule has 0 spiro atoms. The van der Waals surface area contributed by atoms with Gasteiger partial charge in [-0.3, -0.25) is 0 Å². The number of methoxy groups -OCH3 is 1. The molecule has 0 heterocycles. The second kappa shape index (κ2) is 3.34. The molecule has 0 aromatic rings. The van der Waals surface area contributed by atoms with E-state index in [-0.39, 0.29) is 0 Å². The van der Waals surface area contributed by atoms with Gasteiger partial charge in [0.05, 0.1) is 0 Å². The third-order valence-electron chi connectivity index (χ3n) is 0.835. The van der Waals surface area contributed by atoms with Crippen molar-refractivity contribution in [2.45, 2.75) is 12.9 Å². The van der Waals surface area contributed by atoms with E-state index in [1.54, 1.807) is 0 Å². The van der Waals surface area contributed by atoms with Crippen LogP contribution >= 0.6 is 0 Å². The lowest BCUT2D eigenvalue weighted by Gasteiger charge is -2.19. The van der Waals surface area contributed by atoms with E-state index in [2.05, 4.69) is 16.1 Å². The van der Waals surface area contributed by atoms with E-state index in [9.17, 15) is 4.79 Å². The van der Waals surface area contributed by atoms with Gasteiger partial charge in [0.2, 0.25) is 0 Å². The van der Waals surface area contributed by atoms with Gasteiger partial charge in [0.25, 0.3) is 0 Å². The molecule has 0 aromatic heterocycles. The highest BCUT2D eigenvalue weighted by molar-refractivity contribution is 5.81. The first-order valence-electron chi connectivity index (χ1n) is 2.65. The lowest BCUT2D eigenvalue weighted by molar-refractivity contribution is -0.317. The van der Waals surface area contributed by atoms with Crippen molar-refractivity contribution in [1.29, 1.82) is 0 Å². The van der Waals surface area contributed by atoms with Crippen LogP contribution in [0.15, 0.2) is 12.7 Å². The van der Waals surface area contributed by atoms with E-state index >= 15 is 0 Å². The quantitative estimate of drug-likeness (QED) is 0.346. The fraction of sp³-hybridized carbons (Fsp3) is 0.500. The van der Waals surface area contributed by atoms with Crippen LogP contribution in [0.3, 0.4) is 0 Å². The third-order valence-corrected chi connectivity index (χ3v) is 0.835. The van der Waals surface area contributed by atoms with Crippen LogP contribution in [0.5, 0.6) is 0 Å². The Morgan fingerprint density at radius 2 is 2.30 bits per heavy atom. The Morgan fingerprint density at radius 1 is 1.80 bits per heavy atom. The van der Waals surface area contributed by atoms with Crippen molar-refractivity contribution in [3.63, 3.8) is 0 Å². The Kier molecular flexibility index (Phi) is 3.05.